The van der Waals surface area contributed by atoms with E-state index in [1.54, 1.807) is 6.20 Å². The lowest BCUT2D eigenvalue weighted by atomic mass is 10.2. The highest BCUT2D eigenvalue weighted by Crippen LogP contribution is 1.94. The Labute approximate surface area is 57.9 Å². The summed E-state index contributed by atoms with van der Waals surface area (Å²) in [5.41, 5.74) is 0.764. The Morgan fingerprint density at radius 1 is 1.90 bits per heavy atom. The summed E-state index contributed by atoms with van der Waals surface area (Å²) in [6, 6.07) is 0. The van der Waals surface area contributed by atoms with E-state index in [1.165, 1.54) is 6.33 Å². The molecular formula is C6H8N2O2. The maximum atomic E-state index is 9.95. The number of aromatic nitrogens is 2. The van der Waals surface area contributed by atoms with Crippen molar-refractivity contribution in [1.29, 1.82) is 0 Å². The number of carbonyl (C=O) groups is 1. The molecule has 1 atom stereocenters. The zero-order valence-electron chi connectivity index (χ0n) is 5.32. The van der Waals surface area contributed by atoms with E-state index in [0.29, 0.717) is 12.7 Å². The molecule has 1 heterocycles. The monoisotopic (exact) mass is 140 g/mol. The fourth-order valence-corrected chi connectivity index (χ4v) is 0.670. The second-order valence-corrected chi connectivity index (χ2v) is 1.98. The first-order valence-electron chi connectivity index (χ1n) is 2.93. The van der Waals surface area contributed by atoms with Crippen LogP contribution in [0.25, 0.3) is 0 Å². The van der Waals surface area contributed by atoms with Crippen LogP contribution < -0.4 is 0 Å². The Balaban J connectivity index is 2.47. The van der Waals surface area contributed by atoms with Crippen LogP contribution in [0.4, 0.5) is 0 Å². The number of imidazole rings is 1. The quantitative estimate of drug-likeness (QED) is 0.557. The molecule has 2 N–H and O–H groups in total. The first kappa shape index (κ1) is 6.95. The van der Waals surface area contributed by atoms with Crippen molar-refractivity contribution in [3.63, 3.8) is 0 Å². The second-order valence-electron chi connectivity index (χ2n) is 1.98. The molecule has 0 aliphatic heterocycles. The van der Waals surface area contributed by atoms with Crippen molar-refractivity contribution >= 4 is 6.29 Å². The summed E-state index contributed by atoms with van der Waals surface area (Å²) >= 11 is 0. The van der Waals surface area contributed by atoms with Crippen LogP contribution >= 0.6 is 0 Å². The predicted octanol–water partition coefficient (Wildman–Crippen LogP) is -0.488. The molecule has 4 heteroatoms. The number of aliphatic hydroxyl groups excluding tert-OH is 1. The summed E-state index contributed by atoms with van der Waals surface area (Å²) in [5.74, 6) is 0. The largest absolute Gasteiger partial charge is 0.385 e. The van der Waals surface area contributed by atoms with Crippen molar-refractivity contribution in [2.75, 3.05) is 0 Å². The molecule has 1 aromatic rings. The Morgan fingerprint density at radius 2 is 2.70 bits per heavy atom. The van der Waals surface area contributed by atoms with Crippen molar-refractivity contribution in [1.82, 2.24) is 9.97 Å². The van der Waals surface area contributed by atoms with E-state index in [1.807, 2.05) is 0 Å². The van der Waals surface area contributed by atoms with Gasteiger partial charge in [-0.3, -0.25) is 0 Å². The number of aliphatic hydroxyl groups is 1. The topological polar surface area (TPSA) is 66.0 Å². The Hall–Kier alpha value is -1.16. The molecule has 0 aromatic carbocycles. The van der Waals surface area contributed by atoms with Gasteiger partial charge in [0.2, 0.25) is 0 Å². The van der Waals surface area contributed by atoms with E-state index in [0.717, 1.165) is 5.69 Å². The lowest BCUT2D eigenvalue weighted by molar-refractivity contribution is -0.114. The first-order valence-corrected chi connectivity index (χ1v) is 2.93. The maximum Gasteiger partial charge on any atom is 0.148 e. The van der Waals surface area contributed by atoms with Gasteiger partial charge < -0.3 is 14.9 Å². The zero-order valence-corrected chi connectivity index (χ0v) is 5.32. The molecule has 54 valence electrons. The van der Waals surface area contributed by atoms with Gasteiger partial charge in [-0.1, -0.05) is 0 Å². The van der Waals surface area contributed by atoms with Gasteiger partial charge in [0.15, 0.2) is 0 Å². The van der Waals surface area contributed by atoms with Crippen molar-refractivity contribution < 1.29 is 9.90 Å². The molecule has 4 nitrogen and oxygen atoms in total. The minimum atomic E-state index is -0.916. The first-order chi connectivity index (χ1) is 4.83. The normalized spacial score (nSPS) is 12.9. The van der Waals surface area contributed by atoms with Crippen LogP contribution in [-0.4, -0.2) is 27.5 Å². The van der Waals surface area contributed by atoms with Gasteiger partial charge in [-0.2, -0.15) is 0 Å². The van der Waals surface area contributed by atoms with Crippen LogP contribution in [0.2, 0.25) is 0 Å². The van der Waals surface area contributed by atoms with Gasteiger partial charge in [0.1, 0.15) is 12.4 Å². The summed E-state index contributed by atoms with van der Waals surface area (Å²) in [6.45, 7) is 0. The number of hydrogen-bond donors (Lipinski definition) is 2. The van der Waals surface area contributed by atoms with Crippen molar-refractivity contribution in [2.45, 2.75) is 12.5 Å². The lowest BCUT2D eigenvalue weighted by Crippen LogP contribution is -2.11. The number of aldehydes is 1. The Morgan fingerprint density at radius 3 is 3.20 bits per heavy atom. The number of nitrogens with zero attached hydrogens (tertiary/aromatic N) is 1. The fraction of sp³-hybridized carbons (Fsp3) is 0.333. The number of carbonyl (C=O) groups excluding carboxylic acids is 1. The number of aromatic amines is 1. The molecule has 0 aliphatic rings. The average Bonchev–Trinajstić information content (AvgIpc) is 2.40. The van der Waals surface area contributed by atoms with E-state index in [2.05, 4.69) is 9.97 Å². The molecule has 0 fully saturated rings. The average molecular weight is 140 g/mol. The van der Waals surface area contributed by atoms with Gasteiger partial charge in [-0.15, -0.1) is 0 Å². The molecule has 0 aliphatic carbocycles. The van der Waals surface area contributed by atoms with Gasteiger partial charge in [0, 0.05) is 18.3 Å². The van der Waals surface area contributed by atoms with Gasteiger partial charge in [-0.25, -0.2) is 4.98 Å². The molecule has 0 amide bonds. The third-order valence-electron chi connectivity index (χ3n) is 1.14. The molecule has 0 bridgehead atoms. The van der Waals surface area contributed by atoms with Crippen LogP contribution in [0, 0.1) is 0 Å². The van der Waals surface area contributed by atoms with Gasteiger partial charge in [0.25, 0.3) is 0 Å². The SMILES string of the molecule is O=C[C@@H](O)Cc1cnc[nH]1. The van der Waals surface area contributed by atoms with Gasteiger partial charge in [0.05, 0.1) is 6.33 Å². The number of hydrogen-bond acceptors (Lipinski definition) is 3. The van der Waals surface area contributed by atoms with Crippen molar-refractivity contribution in [3.05, 3.63) is 18.2 Å². The summed E-state index contributed by atoms with van der Waals surface area (Å²) in [6.07, 6.45) is 2.98. The summed E-state index contributed by atoms with van der Waals surface area (Å²) in [7, 11) is 0. The second kappa shape index (κ2) is 3.12. The molecule has 0 radical (unpaired) electrons. The third kappa shape index (κ3) is 1.66. The van der Waals surface area contributed by atoms with Crippen molar-refractivity contribution in [2.24, 2.45) is 0 Å². The van der Waals surface area contributed by atoms with E-state index >= 15 is 0 Å². The highest BCUT2D eigenvalue weighted by atomic mass is 16.3. The Bertz CT molecular complexity index is 196. The van der Waals surface area contributed by atoms with Crippen LogP contribution in [0.3, 0.4) is 0 Å². The minimum Gasteiger partial charge on any atom is -0.385 e. The van der Waals surface area contributed by atoms with E-state index in [4.69, 9.17) is 5.11 Å². The van der Waals surface area contributed by atoms with E-state index < -0.39 is 6.10 Å². The van der Waals surface area contributed by atoms with Gasteiger partial charge in [-0.05, 0) is 0 Å². The van der Waals surface area contributed by atoms with Crippen molar-refractivity contribution in [3.8, 4) is 0 Å². The zero-order chi connectivity index (χ0) is 7.40. The third-order valence-corrected chi connectivity index (χ3v) is 1.14. The van der Waals surface area contributed by atoms with Crippen LogP contribution in [0.15, 0.2) is 12.5 Å². The smallest absolute Gasteiger partial charge is 0.148 e. The molecule has 0 saturated heterocycles. The summed E-state index contributed by atoms with van der Waals surface area (Å²) in [5, 5.41) is 8.81. The standard InChI is InChI=1S/C6H8N2O2/c9-3-6(10)1-5-2-7-4-8-5/h2-4,6,10H,1H2,(H,7,8)/t6-/m0/s1. The number of rotatable bonds is 3. The maximum absolute atomic E-state index is 9.95. The van der Waals surface area contributed by atoms with E-state index in [-0.39, 0.29) is 0 Å². The highest BCUT2D eigenvalue weighted by molar-refractivity contribution is 5.55. The number of nitrogens with one attached hydrogen (secondary N) is 1. The predicted molar refractivity (Wildman–Crippen MR) is 34.4 cm³/mol. The van der Waals surface area contributed by atoms with Crippen LogP contribution in [0.1, 0.15) is 5.69 Å². The molecule has 1 aromatic heterocycles. The summed E-state index contributed by atoms with van der Waals surface area (Å²) < 4.78 is 0. The molecule has 0 saturated carbocycles. The summed E-state index contributed by atoms with van der Waals surface area (Å²) in [4.78, 5) is 16.4. The molecule has 10 heavy (non-hydrogen) atoms. The molecule has 1 rings (SSSR count). The molecule has 0 spiro atoms. The highest BCUT2D eigenvalue weighted by Gasteiger charge is 2.02. The molecule has 0 unspecified atom stereocenters. The molecular weight excluding hydrogens is 132 g/mol. The van der Waals surface area contributed by atoms with E-state index in [9.17, 15) is 4.79 Å². The van der Waals surface area contributed by atoms with Gasteiger partial charge >= 0.3 is 0 Å². The Kier molecular flexibility index (Phi) is 2.17. The van der Waals surface area contributed by atoms with Crippen LogP contribution in [-0.2, 0) is 11.2 Å². The lowest BCUT2D eigenvalue weighted by Gasteiger charge is -1.97. The number of H-pyrrole nitrogens is 1. The van der Waals surface area contributed by atoms with Crippen LogP contribution in [0.5, 0.6) is 0 Å². The fourth-order valence-electron chi connectivity index (χ4n) is 0.670. The minimum absolute atomic E-state index is 0.309.